The van der Waals surface area contributed by atoms with E-state index in [4.69, 9.17) is 27.7 Å². The number of thiol groups is 1. The minimum absolute atomic E-state index is 0.166. The van der Waals surface area contributed by atoms with Gasteiger partial charge < -0.3 is 4.52 Å². The van der Waals surface area contributed by atoms with Crippen LogP contribution in [0.15, 0.2) is 22.7 Å². The van der Waals surface area contributed by atoms with Crippen LogP contribution in [-0.4, -0.2) is 19.5 Å². The number of halogens is 2. The molecule has 2 aromatic rings. The largest absolute Gasteiger partial charge is 0.360 e. The maximum atomic E-state index is 12.2. The number of hydrogen-bond donors (Lipinski definition) is 2. The molecule has 0 radical (unpaired) electrons. The van der Waals surface area contributed by atoms with Gasteiger partial charge in [-0.15, -0.1) is 0 Å². The molecule has 9 heteroatoms. The molecule has 0 spiro atoms. The third-order valence-electron chi connectivity index (χ3n) is 9.33. The van der Waals surface area contributed by atoms with Gasteiger partial charge in [0, 0.05) is 23.0 Å². The fraction of sp³-hybridized carbons (Fsp3) is 0.667. The molecule has 0 bridgehead atoms. The highest BCUT2D eigenvalue weighted by atomic mass is 35.5. The van der Waals surface area contributed by atoms with Crippen LogP contribution in [-0.2, 0) is 22.1 Å². The van der Waals surface area contributed by atoms with Crippen molar-refractivity contribution in [1.82, 2.24) is 9.88 Å². The Hall–Kier alpha value is -1.57. The second kappa shape index (κ2) is 13.4. The minimum atomic E-state index is -2.86. The molecule has 1 amide bonds. The molecule has 214 valence electrons. The molecule has 1 N–H and O–H groups in total. The van der Waals surface area contributed by atoms with Crippen molar-refractivity contribution in [2.24, 2.45) is 23.7 Å². The summed E-state index contributed by atoms with van der Waals surface area (Å²) in [6.45, 7) is 0. The SMILES string of the molecule is O=C(N[SH](=O)=O)C1CCCC(C2CCCC(Cc3c(-c4c(Cl)cccc4Cl)noc3C3CC3)CCC2)CCC1. The number of hydrogen-bond acceptors (Lipinski definition) is 5. The predicted molar refractivity (Wildman–Crippen MR) is 155 cm³/mol. The van der Waals surface area contributed by atoms with Crippen molar-refractivity contribution in [1.29, 1.82) is 0 Å². The Labute approximate surface area is 243 Å². The van der Waals surface area contributed by atoms with Gasteiger partial charge in [-0.2, -0.15) is 0 Å². The van der Waals surface area contributed by atoms with Crippen molar-refractivity contribution in [3.63, 3.8) is 0 Å². The lowest BCUT2D eigenvalue weighted by Crippen LogP contribution is -2.31. The van der Waals surface area contributed by atoms with Crippen molar-refractivity contribution in [2.45, 2.75) is 102 Å². The number of amides is 1. The average molecular weight is 596 g/mol. The summed E-state index contributed by atoms with van der Waals surface area (Å²) < 4.78 is 29.8. The Balaban J connectivity index is 1.18. The van der Waals surface area contributed by atoms with Gasteiger partial charge in [0.15, 0.2) is 0 Å². The highest BCUT2D eigenvalue weighted by molar-refractivity contribution is 7.71. The molecule has 6 nitrogen and oxygen atoms in total. The van der Waals surface area contributed by atoms with Crippen LogP contribution in [0.2, 0.25) is 10.0 Å². The summed E-state index contributed by atoms with van der Waals surface area (Å²) in [5, 5.41) is 5.73. The van der Waals surface area contributed by atoms with Gasteiger partial charge in [-0.25, -0.2) is 8.42 Å². The van der Waals surface area contributed by atoms with Crippen molar-refractivity contribution in [3.05, 3.63) is 39.6 Å². The van der Waals surface area contributed by atoms with Gasteiger partial charge in [-0.05, 0) is 62.0 Å². The zero-order valence-corrected chi connectivity index (χ0v) is 24.9. The molecule has 1 aromatic heterocycles. The van der Waals surface area contributed by atoms with E-state index in [1.165, 1.54) is 44.1 Å². The smallest absolute Gasteiger partial charge is 0.236 e. The van der Waals surface area contributed by atoms with Gasteiger partial charge in [0.1, 0.15) is 11.5 Å². The molecule has 5 rings (SSSR count). The first-order valence-electron chi connectivity index (χ1n) is 14.8. The average Bonchev–Trinajstić information content (AvgIpc) is 3.62. The molecule has 3 aliphatic carbocycles. The minimum Gasteiger partial charge on any atom is -0.360 e. The van der Waals surface area contributed by atoms with Crippen LogP contribution in [0.3, 0.4) is 0 Å². The van der Waals surface area contributed by atoms with Crippen molar-refractivity contribution < 1.29 is 17.7 Å². The van der Waals surface area contributed by atoms with E-state index >= 15 is 0 Å². The molecule has 3 aliphatic rings. The molecular formula is C30H40Cl2N2O4S. The lowest BCUT2D eigenvalue weighted by molar-refractivity contribution is -0.123. The van der Waals surface area contributed by atoms with Crippen LogP contribution < -0.4 is 4.72 Å². The molecule has 0 unspecified atom stereocenters. The Kier molecular flexibility index (Phi) is 9.94. The van der Waals surface area contributed by atoms with Crippen molar-refractivity contribution >= 4 is 40.0 Å². The van der Waals surface area contributed by atoms with Crippen molar-refractivity contribution in [3.8, 4) is 11.3 Å². The monoisotopic (exact) mass is 594 g/mol. The van der Waals surface area contributed by atoms with E-state index in [0.717, 1.165) is 86.6 Å². The fourth-order valence-corrected chi connectivity index (χ4v) is 8.09. The highest BCUT2D eigenvalue weighted by Crippen LogP contribution is 2.47. The van der Waals surface area contributed by atoms with E-state index in [2.05, 4.69) is 9.88 Å². The van der Waals surface area contributed by atoms with Crippen LogP contribution in [0.25, 0.3) is 11.3 Å². The van der Waals surface area contributed by atoms with Crippen molar-refractivity contribution in [2.75, 3.05) is 0 Å². The topological polar surface area (TPSA) is 89.3 Å². The van der Waals surface area contributed by atoms with Gasteiger partial charge in [0.25, 0.3) is 0 Å². The Morgan fingerprint density at radius 1 is 0.872 bits per heavy atom. The first kappa shape index (κ1) is 28.9. The summed E-state index contributed by atoms with van der Waals surface area (Å²) in [6.07, 6.45) is 16.6. The number of nitrogens with one attached hydrogen (secondary N) is 1. The summed E-state index contributed by atoms with van der Waals surface area (Å²) in [6, 6.07) is 5.60. The summed E-state index contributed by atoms with van der Waals surface area (Å²) >= 11 is 13.2. The number of benzene rings is 1. The Bertz CT molecular complexity index is 1180. The maximum absolute atomic E-state index is 12.2. The zero-order valence-electron chi connectivity index (χ0n) is 22.5. The third kappa shape index (κ3) is 7.39. The van der Waals surface area contributed by atoms with Crippen LogP contribution in [0.5, 0.6) is 0 Å². The van der Waals surface area contributed by atoms with E-state index in [0.29, 0.717) is 21.9 Å². The number of nitrogens with zero attached hydrogens (tertiary/aromatic N) is 1. The fourth-order valence-electron chi connectivity index (χ4n) is 7.15. The molecule has 3 saturated carbocycles. The van der Waals surface area contributed by atoms with Crippen LogP contribution >= 0.6 is 23.2 Å². The van der Waals surface area contributed by atoms with E-state index in [1.54, 1.807) is 0 Å². The molecule has 0 saturated heterocycles. The molecule has 39 heavy (non-hydrogen) atoms. The van der Waals surface area contributed by atoms with E-state index in [-0.39, 0.29) is 11.8 Å². The second-order valence-electron chi connectivity index (χ2n) is 12.0. The summed E-state index contributed by atoms with van der Waals surface area (Å²) in [5.41, 5.74) is 2.84. The molecule has 1 aromatic carbocycles. The van der Waals surface area contributed by atoms with Gasteiger partial charge in [-0.1, -0.05) is 98.6 Å². The number of carbonyl (C=O) groups is 1. The second-order valence-corrected chi connectivity index (χ2v) is 13.5. The summed E-state index contributed by atoms with van der Waals surface area (Å²) in [5.74, 6) is 3.11. The number of carbonyl (C=O) groups excluding carboxylic acids is 1. The molecular weight excluding hydrogens is 555 g/mol. The molecule has 3 fully saturated rings. The molecule has 0 atom stereocenters. The van der Waals surface area contributed by atoms with Gasteiger partial charge >= 0.3 is 0 Å². The number of rotatable bonds is 7. The Morgan fingerprint density at radius 3 is 1.97 bits per heavy atom. The van der Waals surface area contributed by atoms with Crippen LogP contribution in [0, 0.1) is 23.7 Å². The highest BCUT2D eigenvalue weighted by Gasteiger charge is 2.35. The van der Waals surface area contributed by atoms with Crippen LogP contribution in [0.1, 0.15) is 107 Å². The lowest BCUT2D eigenvalue weighted by Gasteiger charge is -2.33. The van der Waals surface area contributed by atoms with E-state index < -0.39 is 10.9 Å². The molecule has 0 aliphatic heterocycles. The van der Waals surface area contributed by atoms with Gasteiger partial charge in [0.05, 0.1) is 10.0 Å². The normalized spacial score (nSPS) is 26.8. The Morgan fingerprint density at radius 2 is 1.44 bits per heavy atom. The quantitative estimate of drug-likeness (QED) is 0.318. The third-order valence-corrected chi connectivity index (χ3v) is 10.4. The van der Waals surface area contributed by atoms with E-state index in [1.807, 2.05) is 18.2 Å². The predicted octanol–water partition coefficient (Wildman–Crippen LogP) is 7.88. The standard InChI is InChI=1S/C30H40Cl2N2O4S/c31-25-14-5-15-26(32)27(25)28-24(29(38-33-28)22-16-17-22)18-19-6-1-8-20(9-2-7-19)21-10-3-12-23(13-4-11-21)30(35)34-39(36)37/h5,14-15,19-23,39H,1-4,6-13,16-18H2,(H,34,35,36,37). The van der Waals surface area contributed by atoms with Gasteiger partial charge in [-0.3, -0.25) is 9.52 Å². The maximum Gasteiger partial charge on any atom is 0.236 e. The zero-order chi connectivity index (χ0) is 27.4. The summed E-state index contributed by atoms with van der Waals surface area (Å²) in [4.78, 5) is 12.2. The van der Waals surface area contributed by atoms with Crippen LogP contribution in [0.4, 0.5) is 0 Å². The van der Waals surface area contributed by atoms with E-state index in [9.17, 15) is 13.2 Å². The lowest BCUT2D eigenvalue weighted by atomic mass is 9.73. The van der Waals surface area contributed by atoms with Gasteiger partial charge in [0.2, 0.25) is 16.8 Å². The first-order valence-corrected chi connectivity index (χ1v) is 16.7. The molecule has 1 heterocycles. The summed E-state index contributed by atoms with van der Waals surface area (Å²) in [7, 11) is -2.86. The number of aromatic nitrogens is 1. The first-order chi connectivity index (χ1) is 18.9.